The fourth-order valence-electron chi connectivity index (χ4n) is 2.38. The molecule has 1 aliphatic rings. The third-order valence-electron chi connectivity index (χ3n) is 3.52. The zero-order valence-electron chi connectivity index (χ0n) is 11.7. The Hall–Kier alpha value is -1.02. The Balaban J connectivity index is 1.99. The standard InChI is InChI=1S/C14H20FNO4S/c15-12-5-4-11(10-17)14(9-12)21(18,19)16-7-6-13-3-1-2-8-20-13/h4-5,9,13,16-17H,1-3,6-8,10H2. The molecular weight excluding hydrogens is 297 g/mol. The topological polar surface area (TPSA) is 75.6 Å². The summed E-state index contributed by atoms with van der Waals surface area (Å²) >= 11 is 0. The zero-order valence-corrected chi connectivity index (χ0v) is 12.5. The highest BCUT2D eigenvalue weighted by Crippen LogP contribution is 2.18. The predicted octanol–water partition coefficient (Wildman–Crippen LogP) is 1.56. The Bertz CT molecular complexity index is 570. The molecule has 0 amide bonds. The van der Waals surface area contributed by atoms with E-state index in [1.54, 1.807) is 0 Å². The van der Waals surface area contributed by atoms with E-state index in [9.17, 15) is 12.8 Å². The van der Waals surface area contributed by atoms with Gasteiger partial charge in [-0.15, -0.1) is 0 Å². The van der Waals surface area contributed by atoms with Gasteiger partial charge in [0.1, 0.15) is 5.82 Å². The first-order chi connectivity index (χ1) is 10.0. The van der Waals surface area contributed by atoms with E-state index >= 15 is 0 Å². The summed E-state index contributed by atoms with van der Waals surface area (Å²) in [4.78, 5) is -0.213. The Labute approximate surface area is 124 Å². The lowest BCUT2D eigenvalue weighted by molar-refractivity contribution is 0.0123. The van der Waals surface area contributed by atoms with Crippen LogP contribution in [0.1, 0.15) is 31.2 Å². The van der Waals surface area contributed by atoms with E-state index in [1.807, 2.05) is 0 Å². The van der Waals surface area contributed by atoms with Crippen LogP contribution >= 0.6 is 0 Å². The summed E-state index contributed by atoms with van der Waals surface area (Å²) in [6.45, 7) is 0.493. The van der Waals surface area contributed by atoms with Crippen LogP contribution in [0, 0.1) is 5.82 Å². The smallest absolute Gasteiger partial charge is 0.241 e. The van der Waals surface area contributed by atoms with Crippen molar-refractivity contribution in [3.05, 3.63) is 29.6 Å². The van der Waals surface area contributed by atoms with Gasteiger partial charge in [0, 0.05) is 13.2 Å². The normalized spacial score (nSPS) is 19.6. The summed E-state index contributed by atoms with van der Waals surface area (Å²) in [6, 6.07) is 3.32. The van der Waals surface area contributed by atoms with Crippen LogP contribution in [0.25, 0.3) is 0 Å². The van der Waals surface area contributed by atoms with Gasteiger partial charge >= 0.3 is 0 Å². The molecule has 1 heterocycles. The molecule has 1 saturated heterocycles. The Morgan fingerprint density at radius 2 is 2.19 bits per heavy atom. The number of benzene rings is 1. The molecule has 7 heteroatoms. The van der Waals surface area contributed by atoms with E-state index in [4.69, 9.17) is 9.84 Å². The maximum atomic E-state index is 13.2. The predicted molar refractivity (Wildman–Crippen MR) is 75.7 cm³/mol. The third kappa shape index (κ3) is 4.47. The first-order valence-corrected chi connectivity index (χ1v) is 8.52. The van der Waals surface area contributed by atoms with Crippen LogP contribution in [0.5, 0.6) is 0 Å². The van der Waals surface area contributed by atoms with E-state index in [1.165, 1.54) is 6.07 Å². The number of rotatable bonds is 6. The molecule has 1 unspecified atom stereocenters. The summed E-state index contributed by atoms with van der Waals surface area (Å²) < 4.78 is 45.6. The minimum atomic E-state index is -3.83. The fourth-order valence-corrected chi connectivity index (χ4v) is 3.66. The van der Waals surface area contributed by atoms with Crippen LogP contribution in [0.2, 0.25) is 0 Å². The fraction of sp³-hybridized carbons (Fsp3) is 0.571. The van der Waals surface area contributed by atoms with Crippen molar-refractivity contribution in [1.82, 2.24) is 4.72 Å². The van der Waals surface area contributed by atoms with Crippen molar-refractivity contribution < 1.29 is 22.7 Å². The second-order valence-electron chi connectivity index (χ2n) is 5.09. The molecule has 1 aromatic rings. The molecule has 0 saturated carbocycles. The summed E-state index contributed by atoms with van der Waals surface area (Å²) in [5.41, 5.74) is 0.179. The maximum Gasteiger partial charge on any atom is 0.241 e. The van der Waals surface area contributed by atoms with Crippen LogP contribution < -0.4 is 4.72 Å². The first kappa shape index (κ1) is 16.4. The van der Waals surface area contributed by atoms with Gasteiger partial charge < -0.3 is 9.84 Å². The number of nitrogens with one attached hydrogen (secondary N) is 1. The van der Waals surface area contributed by atoms with Crippen LogP contribution in [0.4, 0.5) is 4.39 Å². The van der Waals surface area contributed by atoms with E-state index in [0.29, 0.717) is 6.42 Å². The van der Waals surface area contributed by atoms with Gasteiger partial charge in [-0.05, 0) is 43.4 Å². The largest absolute Gasteiger partial charge is 0.392 e. The van der Waals surface area contributed by atoms with Crippen molar-refractivity contribution in [3.63, 3.8) is 0 Å². The van der Waals surface area contributed by atoms with E-state index in [2.05, 4.69) is 4.72 Å². The van der Waals surface area contributed by atoms with Gasteiger partial charge in [-0.3, -0.25) is 0 Å². The Morgan fingerprint density at radius 1 is 1.38 bits per heavy atom. The summed E-state index contributed by atoms with van der Waals surface area (Å²) in [5, 5.41) is 9.17. The van der Waals surface area contributed by atoms with Gasteiger partial charge in [0.15, 0.2) is 0 Å². The quantitative estimate of drug-likeness (QED) is 0.835. The lowest BCUT2D eigenvalue weighted by atomic mass is 10.1. The lowest BCUT2D eigenvalue weighted by Gasteiger charge is -2.22. The van der Waals surface area contributed by atoms with E-state index < -0.39 is 22.4 Å². The molecule has 1 atom stereocenters. The third-order valence-corrected chi connectivity index (χ3v) is 5.06. The number of hydrogen-bond donors (Lipinski definition) is 2. The average molecular weight is 317 g/mol. The molecule has 118 valence electrons. The first-order valence-electron chi connectivity index (χ1n) is 7.03. The van der Waals surface area contributed by atoms with Gasteiger partial charge in [-0.2, -0.15) is 0 Å². The molecule has 1 aliphatic heterocycles. The average Bonchev–Trinajstić information content (AvgIpc) is 2.48. The number of aliphatic hydroxyl groups excluding tert-OH is 1. The second kappa shape index (κ2) is 7.31. The van der Waals surface area contributed by atoms with Gasteiger partial charge in [-0.25, -0.2) is 17.5 Å². The molecule has 0 aromatic heterocycles. The molecule has 21 heavy (non-hydrogen) atoms. The van der Waals surface area contributed by atoms with Gasteiger partial charge in [0.2, 0.25) is 10.0 Å². The number of sulfonamides is 1. The van der Waals surface area contributed by atoms with Gasteiger partial charge in [0.05, 0.1) is 17.6 Å². The van der Waals surface area contributed by atoms with Crippen LogP contribution in [-0.2, 0) is 21.4 Å². The Kier molecular flexibility index (Phi) is 5.69. The highest BCUT2D eigenvalue weighted by molar-refractivity contribution is 7.89. The van der Waals surface area contributed by atoms with E-state index in [-0.39, 0.29) is 23.1 Å². The van der Waals surface area contributed by atoms with Crippen molar-refractivity contribution in [2.75, 3.05) is 13.2 Å². The summed E-state index contributed by atoms with van der Waals surface area (Å²) in [7, 11) is -3.83. The number of ether oxygens (including phenoxy) is 1. The van der Waals surface area contributed by atoms with Crippen LogP contribution in [0.3, 0.4) is 0 Å². The zero-order chi connectivity index (χ0) is 15.3. The molecule has 0 aliphatic carbocycles. The molecule has 2 rings (SSSR count). The van der Waals surface area contributed by atoms with Crippen LogP contribution in [-0.4, -0.2) is 32.8 Å². The Morgan fingerprint density at radius 3 is 2.86 bits per heavy atom. The highest BCUT2D eigenvalue weighted by atomic mass is 32.2. The molecule has 2 N–H and O–H groups in total. The number of hydrogen-bond acceptors (Lipinski definition) is 4. The minimum Gasteiger partial charge on any atom is -0.392 e. The lowest BCUT2D eigenvalue weighted by Crippen LogP contribution is -2.30. The van der Waals surface area contributed by atoms with Crippen molar-refractivity contribution >= 4 is 10.0 Å². The molecule has 0 spiro atoms. The molecule has 1 fully saturated rings. The number of halogens is 1. The molecule has 0 radical (unpaired) electrons. The van der Waals surface area contributed by atoms with Crippen molar-refractivity contribution in [1.29, 1.82) is 0 Å². The summed E-state index contributed by atoms with van der Waals surface area (Å²) in [6.07, 6.45) is 3.74. The van der Waals surface area contributed by atoms with Gasteiger partial charge in [0.25, 0.3) is 0 Å². The molecule has 1 aromatic carbocycles. The van der Waals surface area contributed by atoms with E-state index in [0.717, 1.165) is 38.0 Å². The minimum absolute atomic E-state index is 0.0753. The SMILES string of the molecule is O=S(=O)(NCCC1CCCCO1)c1cc(F)ccc1CO. The van der Waals surface area contributed by atoms with Gasteiger partial charge in [-0.1, -0.05) is 6.07 Å². The van der Waals surface area contributed by atoms with Crippen molar-refractivity contribution in [3.8, 4) is 0 Å². The maximum absolute atomic E-state index is 13.2. The highest BCUT2D eigenvalue weighted by Gasteiger charge is 2.20. The molecule has 5 nitrogen and oxygen atoms in total. The molecular formula is C14H20FNO4S. The molecule has 0 bridgehead atoms. The monoisotopic (exact) mass is 317 g/mol. The second-order valence-corrected chi connectivity index (χ2v) is 6.82. The van der Waals surface area contributed by atoms with Crippen molar-refractivity contribution in [2.24, 2.45) is 0 Å². The van der Waals surface area contributed by atoms with Crippen LogP contribution in [0.15, 0.2) is 23.1 Å². The van der Waals surface area contributed by atoms with Crippen molar-refractivity contribution in [2.45, 2.75) is 43.3 Å². The number of aliphatic hydroxyl groups is 1. The summed E-state index contributed by atoms with van der Waals surface area (Å²) in [5.74, 6) is -0.650.